The Bertz CT molecular complexity index is 323. The number of carboxylic acids is 1. The van der Waals surface area contributed by atoms with E-state index >= 15 is 0 Å². The van der Waals surface area contributed by atoms with E-state index in [9.17, 15) is 4.79 Å². The van der Waals surface area contributed by atoms with Crippen molar-refractivity contribution in [2.24, 2.45) is 0 Å². The van der Waals surface area contributed by atoms with E-state index in [4.69, 9.17) is 5.11 Å². The van der Waals surface area contributed by atoms with E-state index in [1.54, 1.807) is 6.07 Å². The average molecular weight is 308 g/mol. The zero-order valence-corrected chi connectivity index (χ0v) is 9.93. The van der Waals surface area contributed by atoms with Gasteiger partial charge >= 0.3 is 5.97 Å². The van der Waals surface area contributed by atoms with Crippen LogP contribution in [0, 0.1) is 0 Å². The quantitative estimate of drug-likeness (QED) is 0.871. The number of benzene rings is 1. The van der Waals surface area contributed by atoms with Crippen LogP contribution in [0.15, 0.2) is 22.7 Å². The summed E-state index contributed by atoms with van der Waals surface area (Å²) in [5.74, 6) is -0.886. The van der Waals surface area contributed by atoms with Crippen LogP contribution >= 0.6 is 31.9 Å². The van der Waals surface area contributed by atoms with Gasteiger partial charge in [0.05, 0.1) is 5.56 Å². The highest BCUT2D eigenvalue weighted by Crippen LogP contribution is 2.21. The number of aromatic carboxylic acids is 1. The van der Waals surface area contributed by atoms with Crippen LogP contribution in [0.4, 0.5) is 0 Å². The number of aryl methyl sites for hydroxylation is 1. The first-order valence-corrected chi connectivity index (χ1v) is 5.65. The summed E-state index contributed by atoms with van der Waals surface area (Å²) < 4.78 is 0.637. The predicted octanol–water partition coefficient (Wildman–Crippen LogP) is 3.08. The Hall–Kier alpha value is -0.350. The van der Waals surface area contributed by atoms with Crippen molar-refractivity contribution in [3.8, 4) is 0 Å². The van der Waals surface area contributed by atoms with Crippen molar-refractivity contribution in [1.29, 1.82) is 0 Å². The van der Waals surface area contributed by atoms with Crippen molar-refractivity contribution in [1.82, 2.24) is 0 Å². The average Bonchev–Trinajstić information content (AvgIpc) is 2.04. The molecular formula is C9H8Br2O2. The molecule has 0 aliphatic heterocycles. The Kier molecular flexibility index (Phi) is 3.93. The van der Waals surface area contributed by atoms with Crippen LogP contribution in [0.5, 0.6) is 0 Å². The van der Waals surface area contributed by atoms with Gasteiger partial charge in [-0.25, -0.2) is 4.79 Å². The second-order valence-corrected chi connectivity index (χ2v) is 4.17. The Balaban J connectivity index is 3.17. The minimum Gasteiger partial charge on any atom is -0.478 e. The van der Waals surface area contributed by atoms with Gasteiger partial charge in [0.1, 0.15) is 0 Å². The maximum Gasteiger partial charge on any atom is 0.337 e. The number of hydrogen-bond acceptors (Lipinski definition) is 1. The molecule has 1 aromatic rings. The summed E-state index contributed by atoms with van der Waals surface area (Å²) in [4.78, 5) is 10.9. The SMILES string of the molecule is O=C(O)c1c(Br)cccc1CCBr. The van der Waals surface area contributed by atoms with Crippen LogP contribution in [0.3, 0.4) is 0 Å². The highest BCUT2D eigenvalue weighted by atomic mass is 79.9. The highest BCUT2D eigenvalue weighted by molar-refractivity contribution is 9.10. The normalized spacial score (nSPS) is 10.0. The maximum absolute atomic E-state index is 10.9. The van der Waals surface area contributed by atoms with Gasteiger partial charge in [0.2, 0.25) is 0 Å². The van der Waals surface area contributed by atoms with Gasteiger partial charge in [-0.15, -0.1) is 0 Å². The summed E-state index contributed by atoms with van der Waals surface area (Å²) in [6.07, 6.45) is 0.723. The van der Waals surface area contributed by atoms with Gasteiger partial charge in [-0.1, -0.05) is 28.1 Å². The Morgan fingerprint density at radius 2 is 2.15 bits per heavy atom. The molecule has 13 heavy (non-hydrogen) atoms. The van der Waals surface area contributed by atoms with Crippen LogP contribution in [0.25, 0.3) is 0 Å². The summed E-state index contributed by atoms with van der Waals surface area (Å²) in [7, 11) is 0. The minimum absolute atomic E-state index is 0.363. The number of hydrogen-bond donors (Lipinski definition) is 1. The molecule has 0 heterocycles. The van der Waals surface area contributed by atoms with Crippen molar-refractivity contribution < 1.29 is 9.90 Å². The van der Waals surface area contributed by atoms with Crippen LogP contribution in [-0.4, -0.2) is 16.4 Å². The lowest BCUT2D eigenvalue weighted by Gasteiger charge is -2.05. The first-order chi connectivity index (χ1) is 6.16. The number of rotatable bonds is 3. The van der Waals surface area contributed by atoms with Crippen LogP contribution in [0.2, 0.25) is 0 Å². The van der Waals surface area contributed by atoms with E-state index in [-0.39, 0.29) is 0 Å². The molecule has 0 amide bonds. The molecule has 2 nitrogen and oxygen atoms in total. The van der Waals surface area contributed by atoms with Gasteiger partial charge < -0.3 is 5.11 Å². The molecule has 0 fully saturated rings. The smallest absolute Gasteiger partial charge is 0.337 e. The molecule has 0 unspecified atom stereocenters. The van der Waals surface area contributed by atoms with Gasteiger partial charge in [-0.3, -0.25) is 0 Å². The largest absolute Gasteiger partial charge is 0.478 e. The fourth-order valence-electron chi connectivity index (χ4n) is 1.12. The molecule has 0 radical (unpaired) electrons. The van der Waals surface area contributed by atoms with Crippen LogP contribution in [0.1, 0.15) is 15.9 Å². The third kappa shape index (κ3) is 2.54. The van der Waals surface area contributed by atoms with E-state index in [2.05, 4.69) is 31.9 Å². The molecule has 0 saturated carbocycles. The summed E-state index contributed by atoms with van der Waals surface area (Å²) in [6.45, 7) is 0. The molecule has 0 aliphatic carbocycles. The Morgan fingerprint density at radius 3 is 2.69 bits per heavy atom. The monoisotopic (exact) mass is 306 g/mol. The van der Waals surface area contributed by atoms with Crippen LogP contribution < -0.4 is 0 Å². The minimum atomic E-state index is -0.886. The van der Waals surface area contributed by atoms with Crippen molar-refractivity contribution in [3.05, 3.63) is 33.8 Å². The summed E-state index contributed by atoms with van der Waals surface area (Å²) >= 11 is 6.51. The molecular weight excluding hydrogens is 300 g/mol. The molecule has 4 heteroatoms. The van der Waals surface area contributed by atoms with Gasteiger partial charge in [0.25, 0.3) is 0 Å². The van der Waals surface area contributed by atoms with Gasteiger partial charge in [0.15, 0.2) is 0 Å². The van der Waals surface area contributed by atoms with E-state index in [1.807, 2.05) is 12.1 Å². The maximum atomic E-state index is 10.9. The second-order valence-electron chi connectivity index (χ2n) is 2.52. The summed E-state index contributed by atoms with van der Waals surface area (Å²) in [5.41, 5.74) is 1.21. The number of alkyl halides is 1. The zero-order valence-electron chi connectivity index (χ0n) is 6.76. The Labute approximate surface area is 93.2 Å². The molecule has 1 N–H and O–H groups in total. The van der Waals surface area contributed by atoms with E-state index in [1.165, 1.54) is 0 Å². The number of halogens is 2. The third-order valence-electron chi connectivity index (χ3n) is 1.68. The molecule has 0 spiro atoms. The zero-order chi connectivity index (χ0) is 9.84. The van der Waals surface area contributed by atoms with Crippen molar-refractivity contribution >= 4 is 37.8 Å². The van der Waals surface area contributed by atoms with E-state index in [0.717, 1.165) is 17.3 Å². The van der Waals surface area contributed by atoms with E-state index < -0.39 is 5.97 Å². The fourth-order valence-corrected chi connectivity index (χ4v) is 2.12. The fraction of sp³-hybridized carbons (Fsp3) is 0.222. The molecule has 0 saturated heterocycles. The molecule has 0 aromatic heterocycles. The lowest BCUT2D eigenvalue weighted by atomic mass is 10.1. The third-order valence-corrected chi connectivity index (χ3v) is 2.73. The molecule has 0 atom stereocenters. The number of carbonyl (C=O) groups is 1. The molecule has 0 bridgehead atoms. The van der Waals surface area contributed by atoms with Gasteiger partial charge in [-0.05, 0) is 34.0 Å². The predicted molar refractivity (Wildman–Crippen MR) is 58.6 cm³/mol. The highest BCUT2D eigenvalue weighted by Gasteiger charge is 2.12. The van der Waals surface area contributed by atoms with Crippen molar-refractivity contribution in [2.75, 3.05) is 5.33 Å². The standard InChI is InChI=1S/C9H8Br2O2/c10-5-4-6-2-1-3-7(11)8(6)9(12)13/h1-3H,4-5H2,(H,12,13). The summed E-state index contributed by atoms with van der Waals surface area (Å²) in [6, 6.07) is 5.41. The van der Waals surface area contributed by atoms with Crippen molar-refractivity contribution in [2.45, 2.75) is 6.42 Å². The molecule has 1 rings (SSSR count). The van der Waals surface area contributed by atoms with Crippen LogP contribution in [-0.2, 0) is 6.42 Å². The van der Waals surface area contributed by atoms with Gasteiger partial charge in [-0.2, -0.15) is 0 Å². The van der Waals surface area contributed by atoms with Gasteiger partial charge in [0, 0.05) is 9.80 Å². The topological polar surface area (TPSA) is 37.3 Å². The molecule has 1 aromatic carbocycles. The Morgan fingerprint density at radius 1 is 1.46 bits per heavy atom. The molecule has 0 aliphatic rings. The van der Waals surface area contributed by atoms with E-state index in [0.29, 0.717) is 10.0 Å². The lowest BCUT2D eigenvalue weighted by molar-refractivity contribution is 0.0695. The molecule has 70 valence electrons. The number of carboxylic acid groups (broad SMARTS) is 1. The first-order valence-electron chi connectivity index (χ1n) is 3.73. The van der Waals surface area contributed by atoms with Crippen molar-refractivity contribution in [3.63, 3.8) is 0 Å². The second kappa shape index (κ2) is 4.77. The summed E-state index contributed by atoms with van der Waals surface area (Å²) in [5, 5.41) is 9.70. The lowest BCUT2D eigenvalue weighted by Crippen LogP contribution is -2.04. The first kappa shape index (κ1) is 10.7.